The van der Waals surface area contributed by atoms with Gasteiger partial charge in [-0.25, -0.2) is 0 Å². The van der Waals surface area contributed by atoms with Crippen LogP contribution in [0.15, 0.2) is 0 Å². The molecule has 3 fully saturated rings. The standard InChI is InChI=1S/C15H28N2/c1-11(2)15(9-16-13-5-6-13)17(14-7-8-14)10-12-3-4-12/h11-16H,3-10H2,1-2H3. The molecule has 0 aromatic heterocycles. The van der Waals surface area contributed by atoms with Crippen LogP contribution in [0.25, 0.3) is 0 Å². The summed E-state index contributed by atoms with van der Waals surface area (Å²) in [7, 11) is 0. The quantitative estimate of drug-likeness (QED) is 0.697. The van der Waals surface area contributed by atoms with Crippen LogP contribution in [0.1, 0.15) is 52.4 Å². The average molecular weight is 236 g/mol. The molecule has 98 valence electrons. The van der Waals surface area contributed by atoms with Crippen molar-refractivity contribution in [3.63, 3.8) is 0 Å². The summed E-state index contributed by atoms with van der Waals surface area (Å²) in [5, 5.41) is 3.75. The molecule has 2 heteroatoms. The first-order valence-electron chi connectivity index (χ1n) is 7.73. The molecule has 0 aromatic rings. The van der Waals surface area contributed by atoms with Crippen LogP contribution < -0.4 is 5.32 Å². The van der Waals surface area contributed by atoms with Crippen molar-refractivity contribution in [2.75, 3.05) is 13.1 Å². The fraction of sp³-hybridized carbons (Fsp3) is 1.00. The molecular formula is C15H28N2. The molecule has 0 spiro atoms. The number of nitrogens with zero attached hydrogens (tertiary/aromatic N) is 1. The molecule has 0 aromatic carbocycles. The summed E-state index contributed by atoms with van der Waals surface area (Å²) < 4.78 is 0. The summed E-state index contributed by atoms with van der Waals surface area (Å²) in [6.45, 7) is 7.43. The zero-order chi connectivity index (χ0) is 11.8. The Labute approximate surface area is 106 Å². The summed E-state index contributed by atoms with van der Waals surface area (Å²) in [5.41, 5.74) is 0. The molecule has 1 unspecified atom stereocenters. The molecule has 3 aliphatic carbocycles. The first-order valence-corrected chi connectivity index (χ1v) is 7.73. The Morgan fingerprint density at radius 1 is 1.06 bits per heavy atom. The topological polar surface area (TPSA) is 15.3 Å². The van der Waals surface area contributed by atoms with Crippen molar-refractivity contribution >= 4 is 0 Å². The van der Waals surface area contributed by atoms with Crippen LogP contribution in [0.2, 0.25) is 0 Å². The lowest BCUT2D eigenvalue weighted by Crippen LogP contribution is -2.48. The van der Waals surface area contributed by atoms with Gasteiger partial charge >= 0.3 is 0 Å². The summed E-state index contributed by atoms with van der Waals surface area (Å²) in [5.74, 6) is 1.83. The number of hydrogen-bond acceptors (Lipinski definition) is 2. The van der Waals surface area contributed by atoms with Gasteiger partial charge in [-0.2, -0.15) is 0 Å². The van der Waals surface area contributed by atoms with Crippen molar-refractivity contribution in [2.24, 2.45) is 11.8 Å². The van der Waals surface area contributed by atoms with Crippen molar-refractivity contribution in [3.8, 4) is 0 Å². The Hall–Kier alpha value is -0.0800. The first-order chi connectivity index (χ1) is 8.24. The SMILES string of the molecule is CC(C)C(CNC1CC1)N(CC1CC1)C1CC1. The minimum absolute atomic E-state index is 0.781. The van der Waals surface area contributed by atoms with Crippen LogP contribution in [0.4, 0.5) is 0 Å². The predicted molar refractivity (Wildman–Crippen MR) is 72.1 cm³/mol. The van der Waals surface area contributed by atoms with Crippen molar-refractivity contribution in [1.29, 1.82) is 0 Å². The van der Waals surface area contributed by atoms with Crippen LogP contribution in [0.3, 0.4) is 0 Å². The predicted octanol–water partition coefficient (Wildman–Crippen LogP) is 2.64. The summed E-state index contributed by atoms with van der Waals surface area (Å²) in [6, 6.07) is 2.57. The van der Waals surface area contributed by atoms with E-state index in [4.69, 9.17) is 0 Å². The van der Waals surface area contributed by atoms with Crippen molar-refractivity contribution in [1.82, 2.24) is 10.2 Å². The Bertz CT molecular complexity index is 252. The average Bonchev–Trinajstić information content (AvgIpc) is 3.11. The third kappa shape index (κ3) is 3.45. The molecule has 0 heterocycles. The Balaban J connectivity index is 1.56. The van der Waals surface area contributed by atoms with Gasteiger partial charge in [-0.15, -0.1) is 0 Å². The third-order valence-corrected chi connectivity index (χ3v) is 4.57. The monoisotopic (exact) mass is 236 g/mol. The molecule has 17 heavy (non-hydrogen) atoms. The molecule has 0 saturated heterocycles. The van der Waals surface area contributed by atoms with Crippen molar-refractivity contribution < 1.29 is 0 Å². The highest BCUT2D eigenvalue weighted by Gasteiger charge is 2.38. The molecule has 3 saturated carbocycles. The van der Waals surface area contributed by atoms with E-state index in [-0.39, 0.29) is 0 Å². The minimum Gasteiger partial charge on any atom is -0.312 e. The van der Waals surface area contributed by atoms with Crippen LogP contribution >= 0.6 is 0 Å². The largest absolute Gasteiger partial charge is 0.312 e. The lowest BCUT2D eigenvalue weighted by atomic mass is 10.0. The number of nitrogens with one attached hydrogen (secondary N) is 1. The lowest BCUT2D eigenvalue weighted by Gasteiger charge is -2.35. The van der Waals surface area contributed by atoms with Crippen molar-refractivity contribution in [2.45, 2.75) is 70.5 Å². The zero-order valence-electron chi connectivity index (χ0n) is 11.5. The second-order valence-corrected chi connectivity index (χ2v) is 6.87. The number of rotatable bonds is 8. The van der Waals surface area contributed by atoms with E-state index in [9.17, 15) is 0 Å². The van der Waals surface area contributed by atoms with Gasteiger partial charge in [-0.1, -0.05) is 13.8 Å². The molecule has 2 nitrogen and oxygen atoms in total. The maximum absolute atomic E-state index is 3.75. The van der Waals surface area contributed by atoms with Crippen LogP contribution in [-0.4, -0.2) is 36.1 Å². The molecule has 0 aliphatic heterocycles. The molecule has 1 N–H and O–H groups in total. The Kier molecular flexibility index (Phi) is 3.45. The molecule has 0 amide bonds. The van der Waals surface area contributed by atoms with E-state index >= 15 is 0 Å². The molecule has 0 bridgehead atoms. The van der Waals surface area contributed by atoms with Gasteiger partial charge in [0.1, 0.15) is 0 Å². The van der Waals surface area contributed by atoms with E-state index < -0.39 is 0 Å². The summed E-state index contributed by atoms with van der Waals surface area (Å²) in [6.07, 6.45) is 8.72. The Morgan fingerprint density at radius 2 is 1.76 bits per heavy atom. The maximum atomic E-state index is 3.75. The van der Waals surface area contributed by atoms with E-state index in [0.717, 1.165) is 30.0 Å². The lowest BCUT2D eigenvalue weighted by molar-refractivity contribution is 0.135. The van der Waals surface area contributed by atoms with E-state index in [2.05, 4.69) is 24.1 Å². The second kappa shape index (κ2) is 4.89. The van der Waals surface area contributed by atoms with Crippen LogP contribution in [0.5, 0.6) is 0 Å². The summed E-state index contributed by atoms with van der Waals surface area (Å²) in [4.78, 5) is 2.86. The van der Waals surface area contributed by atoms with E-state index in [1.165, 1.54) is 51.6 Å². The summed E-state index contributed by atoms with van der Waals surface area (Å²) >= 11 is 0. The van der Waals surface area contributed by atoms with E-state index in [1.54, 1.807) is 0 Å². The van der Waals surface area contributed by atoms with Gasteiger partial charge in [-0.3, -0.25) is 4.90 Å². The van der Waals surface area contributed by atoms with Gasteiger partial charge in [0.2, 0.25) is 0 Å². The van der Waals surface area contributed by atoms with Gasteiger partial charge < -0.3 is 5.32 Å². The highest BCUT2D eigenvalue weighted by atomic mass is 15.2. The van der Waals surface area contributed by atoms with Crippen molar-refractivity contribution in [3.05, 3.63) is 0 Å². The molecule has 1 atom stereocenters. The van der Waals surface area contributed by atoms with Crippen LogP contribution in [0, 0.1) is 11.8 Å². The van der Waals surface area contributed by atoms with E-state index in [0.29, 0.717) is 0 Å². The fourth-order valence-corrected chi connectivity index (χ4v) is 2.87. The molecule has 0 radical (unpaired) electrons. The number of hydrogen-bond donors (Lipinski definition) is 1. The normalized spacial score (nSPS) is 26.8. The smallest absolute Gasteiger partial charge is 0.0246 e. The molecule has 3 aliphatic rings. The van der Waals surface area contributed by atoms with Gasteiger partial charge in [0, 0.05) is 31.2 Å². The highest BCUT2D eigenvalue weighted by molar-refractivity contribution is 4.94. The van der Waals surface area contributed by atoms with E-state index in [1.807, 2.05) is 0 Å². The first kappa shape index (κ1) is 12.0. The highest BCUT2D eigenvalue weighted by Crippen LogP contribution is 2.37. The third-order valence-electron chi connectivity index (χ3n) is 4.57. The molecular weight excluding hydrogens is 208 g/mol. The molecule has 3 rings (SSSR count). The second-order valence-electron chi connectivity index (χ2n) is 6.87. The fourth-order valence-electron chi connectivity index (χ4n) is 2.87. The Morgan fingerprint density at radius 3 is 2.24 bits per heavy atom. The van der Waals surface area contributed by atoms with Crippen LogP contribution in [-0.2, 0) is 0 Å². The van der Waals surface area contributed by atoms with Gasteiger partial charge in [0.05, 0.1) is 0 Å². The van der Waals surface area contributed by atoms with Gasteiger partial charge in [0.25, 0.3) is 0 Å². The maximum Gasteiger partial charge on any atom is 0.0246 e. The van der Waals surface area contributed by atoms with Gasteiger partial charge in [-0.05, 0) is 50.4 Å². The van der Waals surface area contributed by atoms with Gasteiger partial charge in [0.15, 0.2) is 0 Å². The zero-order valence-corrected chi connectivity index (χ0v) is 11.5. The minimum atomic E-state index is 0.781.